The lowest BCUT2D eigenvalue weighted by molar-refractivity contribution is 0.186. The second-order valence-corrected chi connectivity index (χ2v) is 5.15. The van der Waals surface area contributed by atoms with Crippen molar-refractivity contribution in [1.82, 2.24) is 4.90 Å². The van der Waals surface area contributed by atoms with Crippen LogP contribution >= 0.6 is 0 Å². The van der Waals surface area contributed by atoms with Crippen LogP contribution in [-0.2, 0) is 0 Å². The van der Waals surface area contributed by atoms with Gasteiger partial charge in [-0.05, 0) is 31.4 Å². The summed E-state index contributed by atoms with van der Waals surface area (Å²) in [6, 6.07) is 8.30. The molecule has 1 fully saturated rings. The molecule has 18 heavy (non-hydrogen) atoms. The predicted octanol–water partition coefficient (Wildman–Crippen LogP) is 3.79. The van der Waals surface area contributed by atoms with Crippen molar-refractivity contribution in [2.45, 2.75) is 45.1 Å². The van der Waals surface area contributed by atoms with Crippen molar-refractivity contribution in [3.8, 4) is 0 Å². The zero-order chi connectivity index (χ0) is 13.0. The van der Waals surface area contributed by atoms with Gasteiger partial charge in [0.1, 0.15) is 0 Å². The van der Waals surface area contributed by atoms with E-state index >= 15 is 0 Å². The van der Waals surface area contributed by atoms with Crippen molar-refractivity contribution in [3.63, 3.8) is 0 Å². The molecule has 1 aromatic carbocycles. The molecule has 0 bridgehead atoms. The summed E-state index contributed by atoms with van der Waals surface area (Å²) in [4.78, 5) is 14.0. The summed E-state index contributed by atoms with van der Waals surface area (Å²) in [5.74, 6) is 0. The van der Waals surface area contributed by atoms with Gasteiger partial charge in [-0.3, -0.25) is 0 Å². The van der Waals surface area contributed by atoms with Crippen LogP contribution in [0.4, 0.5) is 10.5 Å². The number of hydrogen-bond acceptors (Lipinski definition) is 1. The molecule has 0 heterocycles. The number of anilines is 1. The Morgan fingerprint density at radius 2 is 1.89 bits per heavy atom. The van der Waals surface area contributed by atoms with Gasteiger partial charge in [0, 0.05) is 18.8 Å². The second-order valence-electron chi connectivity index (χ2n) is 5.15. The van der Waals surface area contributed by atoms with Crippen LogP contribution in [0.1, 0.15) is 37.7 Å². The van der Waals surface area contributed by atoms with Crippen molar-refractivity contribution in [1.29, 1.82) is 0 Å². The molecule has 0 saturated heterocycles. The first-order valence-corrected chi connectivity index (χ1v) is 6.78. The summed E-state index contributed by atoms with van der Waals surface area (Å²) in [7, 11) is 1.91. The molecule has 0 unspecified atom stereocenters. The summed E-state index contributed by atoms with van der Waals surface area (Å²) in [5.41, 5.74) is 2.01. The molecule has 0 radical (unpaired) electrons. The Bertz CT molecular complexity index is 411. The van der Waals surface area contributed by atoms with Gasteiger partial charge in [-0.25, -0.2) is 4.79 Å². The molecule has 1 aromatic rings. The van der Waals surface area contributed by atoms with Gasteiger partial charge in [0.05, 0.1) is 0 Å². The van der Waals surface area contributed by atoms with Gasteiger partial charge in [-0.2, -0.15) is 0 Å². The molecule has 1 saturated carbocycles. The molecule has 0 aliphatic heterocycles. The maximum atomic E-state index is 12.2. The fourth-order valence-corrected chi connectivity index (χ4v) is 2.55. The van der Waals surface area contributed by atoms with E-state index in [2.05, 4.69) is 5.32 Å². The first kappa shape index (κ1) is 12.9. The van der Waals surface area contributed by atoms with Gasteiger partial charge in [0.15, 0.2) is 0 Å². The minimum absolute atomic E-state index is 0.0104. The standard InChI is InChI=1S/C15H22N2O/c1-12-8-6-7-11-14(12)16-15(18)17(2)13-9-4-3-5-10-13/h6-8,11,13H,3-5,9-10H2,1-2H3,(H,16,18). The summed E-state index contributed by atoms with van der Waals surface area (Å²) < 4.78 is 0. The van der Waals surface area contributed by atoms with Crippen molar-refractivity contribution in [2.75, 3.05) is 12.4 Å². The summed E-state index contributed by atoms with van der Waals surface area (Å²) >= 11 is 0. The molecule has 1 aliphatic carbocycles. The van der Waals surface area contributed by atoms with Crippen molar-refractivity contribution >= 4 is 11.7 Å². The number of hydrogen-bond donors (Lipinski definition) is 1. The average molecular weight is 246 g/mol. The highest BCUT2D eigenvalue weighted by Gasteiger charge is 2.22. The quantitative estimate of drug-likeness (QED) is 0.846. The van der Waals surface area contributed by atoms with Gasteiger partial charge in [0.2, 0.25) is 0 Å². The number of nitrogens with zero attached hydrogens (tertiary/aromatic N) is 1. The number of urea groups is 1. The molecule has 0 atom stereocenters. The highest BCUT2D eigenvalue weighted by molar-refractivity contribution is 5.90. The maximum Gasteiger partial charge on any atom is 0.321 e. The van der Waals surface area contributed by atoms with Gasteiger partial charge in [-0.15, -0.1) is 0 Å². The molecule has 0 aromatic heterocycles. The van der Waals surface area contributed by atoms with Crippen LogP contribution in [0.25, 0.3) is 0 Å². The Morgan fingerprint density at radius 1 is 1.22 bits per heavy atom. The van der Waals surface area contributed by atoms with E-state index in [1.165, 1.54) is 19.3 Å². The van der Waals surface area contributed by atoms with Crippen LogP contribution in [0.2, 0.25) is 0 Å². The first-order chi connectivity index (χ1) is 8.68. The second kappa shape index (κ2) is 5.89. The number of rotatable bonds is 2. The van der Waals surface area contributed by atoms with Crippen LogP contribution in [0.5, 0.6) is 0 Å². The minimum Gasteiger partial charge on any atom is -0.325 e. The van der Waals surface area contributed by atoms with Crippen LogP contribution in [0.15, 0.2) is 24.3 Å². The van der Waals surface area contributed by atoms with Crippen molar-refractivity contribution in [3.05, 3.63) is 29.8 Å². The van der Waals surface area contributed by atoms with Crippen LogP contribution < -0.4 is 5.32 Å². The highest BCUT2D eigenvalue weighted by atomic mass is 16.2. The van der Waals surface area contributed by atoms with Crippen LogP contribution in [-0.4, -0.2) is 24.0 Å². The molecule has 1 N–H and O–H groups in total. The Morgan fingerprint density at radius 3 is 2.56 bits per heavy atom. The molecular formula is C15H22N2O. The van der Waals surface area contributed by atoms with E-state index in [1.807, 2.05) is 43.1 Å². The number of carbonyl (C=O) groups is 1. The number of aryl methyl sites for hydroxylation is 1. The zero-order valence-corrected chi connectivity index (χ0v) is 11.3. The minimum atomic E-state index is 0.0104. The number of amides is 2. The number of benzene rings is 1. The monoisotopic (exact) mass is 246 g/mol. The fourth-order valence-electron chi connectivity index (χ4n) is 2.55. The largest absolute Gasteiger partial charge is 0.325 e. The molecule has 1 aliphatic rings. The summed E-state index contributed by atoms with van der Waals surface area (Å²) in [6.07, 6.45) is 6.07. The van der Waals surface area contributed by atoms with Gasteiger partial charge in [-0.1, -0.05) is 37.5 Å². The molecule has 3 nitrogen and oxygen atoms in total. The average Bonchev–Trinajstić information content (AvgIpc) is 2.41. The van der Waals surface area contributed by atoms with Crippen molar-refractivity contribution < 1.29 is 4.79 Å². The Labute approximate surface area is 109 Å². The van der Waals surface area contributed by atoms with E-state index in [-0.39, 0.29) is 6.03 Å². The van der Waals surface area contributed by atoms with E-state index in [0.717, 1.165) is 24.1 Å². The summed E-state index contributed by atoms with van der Waals surface area (Å²) in [5, 5.41) is 2.99. The Hall–Kier alpha value is -1.51. The third kappa shape index (κ3) is 3.03. The van der Waals surface area contributed by atoms with E-state index < -0.39 is 0 Å². The molecule has 3 heteroatoms. The molecule has 2 amide bonds. The zero-order valence-electron chi connectivity index (χ0n) is 11.3. The Balaban J connectivity index is 1.97. The lowest BCUT2D eigenvalue weighted by Crippen LogP contribution is -2.40. The maximum absolute atomic E-state index is 12.2. The first-order valence-electron chi connectivity index (χ1n) is 6.78. The normalized spacial score (nSPS) is 16.3. The lowest BCUT2D eigenvalue weighted by atomic mass is 9.95. The summed E-state index contributed by atoms with van der Waals surface area (Å²) in [6.45, 7) is 2.01. The predicted molar refractivity (Wildman–Crippen MR) is 74.8 cm³/mol. The Kier molecular flexibility index (Phi) is 4.24. The topological polar surface area (TPSA) is 32.3 Å². The van der Waals surface area contributed by atoms with Crippen LogP contribution in [0, 0.1) is 6.92 Å². The molecular weight excluding hydrogens is 224 g/mol. The number of nitrogens with one attached hydrogen (secondary N) is 1. The lowest BCUT2D eigenvalue weighted by Gasteiger charge is -2.31. The number of para-hydroxylation sites is 1. The fraction of sp³-hybridized carbons (Fsp3) is 0.533. The van der Waals surface area contributed by atoms with Crippen molar-refractivity contribution in [2.24, 2.45) is 0 Å². The molecule has 2 rings (SSSR count). The van der Waals surface area contributed by atoms with E-state index in [1.54, 1.807) is 0 Å². The van der Waals surface area contributed by atoms with E-state index in [9.17, 15) is 4.79 Å². The van der Waals surface area contributed by atoms with E-state index in [4.69, 9.17) is 0 Å². The third-order valence-electron chi connectivity index (χ3n) is 3.83. The molecule has 0 spiro atoms. The van der Waals surface area contributed by atoms with Gasteiger partial charge in [0.25, 0.3) is 0 Å². The smallest absolute Gasteiger partial charge is 0.321 e. The number of carbonyl (C=O) groups excluding carboxylic acids is 1. The van der Waals surface area contributed by atoms with Gasteiger partial charge >= 0.3 is 6.03 Å². The van der Waals surface area contributed by atoms with Crippen LogP contribution in [0.3, 0.4) is 0 Å². The molecule has 98 valence electrons. The SMILES string of the molecule is Cc1ccccc1NC(=O)N(C)C1CCCCC1. The van der Waals surface area contributed by atoms with Gasteiger partial charge < -0.3 is 10.2 Å². The van der Waals surface area contributed by atoms with E-state index in [0.29, 0.717) is 6.04 Å². The highest BCUT2D eigenvalue weighted by Crippen LogP contribution is 2.22. The third-order valence-corrected chi connectivity index (χ3v) is 3.83.